The van der Waals surface area contributed by atoms with E-state index in [-0.39, 0.29) is 19.4 Å². The zero-order chi connectivity index (χ0) is 39.1. The molecule has 3 unspecified atom stereocenters. The Labute approximate surface area is 323 Å². The number of phosphoric acid groups is 1. The van der Waals surface area contributed by atoms with Crippen LogP contribution in [0.2, 0.25) is 0 Å². The highest BCUT2D eigenvalue weighted by atomic mass is 31.2. The highest BCUT2D eigenvalue weighted by Crippen LogP contribution is 2.43. The molecule has 0 aromatic heterocycles. The van der Waals surface area contributed by atoms with Crippen molar-refractivity contribution < 1.29 is 47.8 Å². The maximum atomic E-state index is 12.6. The van der Waals surface area contributed by atoms with Crippen molar-refractivity contribution in [3.8, 4) is 0 Å². The molecular formula is C42H79O10P. The van der Waals surface area contributed by atoms with Crippen molar-refractivity contribution in [3.63, 3.8) is 0 Å². The van der Waals surface area contributed by atoms with Crippen molar-refractivity contribution in [3.05, 3.63) is 24.3 Å². The molecule has 0 radical (unpaired) electrons. The van der Waals surface area contributed by atoms with Crippen LogP contribution in [0.3, 0.4) is 0 Å². The molecule has 0 rings (SSSR count). The van der Waals surface area contributed by atoms with Gasteiger partial charge in [0.2, 0.25) is 0 Å². The van der Waals surface area contributed by atoms with E-state index in [0.717, 1.165) is 51.4 Å². The molecule has 312 valence electrons. The van der Waals surface area contributed by atoms with E-state index in [4.69, 9.17) is 19.1 Å². The topological polar surface area (TPSA) is 149 Å². The number of hydrogen-bond donors (Lipinski definition) is 3. The number of rotatable bonds is 40. The summed E-state index contributed by atoms with van der Waals surface area (Å²) in [5.41, 5.74) is 0. The van der Waals surface area contributed by atoms with E-state index in [0.29, 0.717) is 12.8 Å². The standard InChI is InChI=1S/C42H79O10P/c1-3-5-7-9-11-13-15-17-18-19-20-21-22-24-26-28-30-32-34-42(46)52-40(38-51-53(47,48)50-36-39(44)35-43)37-49-41(45)33-31-29-27-25-23-16-14-12-10-8-6-4-2/h13,15,18-19,39-40,43-44H,3-12,14,16-17,20-38H2,1-2H3,(H,47,48)/b15-13-,19-18-. The first kappa shape index (κ1) is 51.5. The SMILES string of the molecule is CCCCCC/C=C\C/C=C\CCCCCCCCCC(=O)OC(COC(=O)CCCCCCCCCCCCCC)COP(=O)(O)OCC(O)CO. The molecule has 0 aromatic carbocycles. The van der Waals surface area contributed by atoms with E-state index in [2.05, 4.69) is 42.7 Å². The molecule has 0 amide bonds. The summed E-state index contributed by atoms with van der Waals surface area (Å²) in [6.07, 6.45) is 37.1. The quantitative estimate of drug-likeness (QED) is 0.0238. The summed E-state index contributed by atoms with van der Waals surface area (Å²) in [6, 6.07) is 0. The van der Waals surface area contributed by atoms with Gasteiger partial charge in [0, 0.05) is 12.8 Å². The summed E-state index contributed by atoms with van der Waals surface area (Å²) < 4.78 is 32.7. The number of aliphatic hydroxyl groups is 2. The van der Waals surface area contributed by atoms with Crippen LogP contribution >= 0.6 is 7.82 Å². The Morgan fingerprint density at radius 1 is 0.566 bits per heavy atom. The third-order valence-electron chi connectivity index (χ3n) is 9.11. The van der Waals surface area contributed by atoms with E-state index >= 15 is 0 Å². The normalized spacial score (nSPS) is 14.1. The Balaban J connectivity index is 4.30. The lowest BCUT2D eigenvalue weighted by Gasteiger charge is -2.20. The number of unbranched alkanes of at least 4 members (excludes halogenated alkanes) is 22. The Morgan fingerprint density at radius 2 is 0.981 bits per heavy atom. The Bertz CT molecular complexity index is 941. The van der Waals surface area contributed by atoms with Crippen LogP contribution in [0.15, 0.2) is 24.3 Å². The minimum atomic E-state index is -4.61. The number of allylic oxidation sites excluding steroid dienone is 4. The van der Waals surface area contributed by atoms with Crippen LogP contribution in [0.1, 0.15) is 194 Å². The molecule has 0 spiro atoms. The van der Waals surface area contributed by atoms with Gasteiger partial charge in [0.25, 0.3) is 0 Å². The van der Waals surface area contributed by atoms with Gasteiger partial charge in [0.05, 0.1) is 19.8 Å². The van der Waals surface area contributed by atoms with Crippen LogP contribution in [-0.4, -0.2) is 65.7 Å². The summed E-state index contributed by atoms with van der Waals surface area (Å²) in [7, 11) is -4.61. The minimum Gasteiger partial charge on any atom is -0.462 e. The van der Waals surface area contributed by atoms with Crippen molar-refractivity contribution in [1.82, 2.24) is 0 Å². The average Bonchev–Trinajstić information content (AvgIpc) is 3.14. The first-order valence-electron chi connectivity index (χ1n) is 21.3. The second-order valence-electron chi connectivity index (χ2n) is 14.4. The van der Waals surface area contributed by atoms with Crippen LogP contribution in [0.5, 0.6) is 0 Å². The van der Waals surface area contributed by atoms with E-state index in [1.165, 1.54) is 103 Å². The van der Waals surface area contributed by atoms with Gasteiger partial charge in [-0.2, -0.15) is 0 Å². The largest absolute Gasteiger partial charge is 0.472 e. The van der Waals surface area contributed by atoms with Gasteiger partial charge >= 0.3 is 19.8 Å². The number of esters is 2. The molecule has 0 aliphatic carbocycles. The average molecular weight is 775 g/mol. The molecule has 0 heterocycles. The van der Waals surface area contributed by atoms with E-state index in [1.807, 2.05) is 0 Å². The van der Waals surface area contributed by atoms with Gasteiger partial charge in [0.15, 0.2) is 6.10 Å². The van der Waals surface area contributed by atoms with Crippen molar-refractivity contribution in [1.29, 1.82) is 0 Å². The third kappa shape index (κ3) is 38.5. The van der Waals surface area contributed by atoms with Gasteiger partial charge in [0.1, 0.15) is 12.7 Å². The molecule has 0 aromatic rings. The van der Waals surface area contributed by atoms with Crippen LogP contribution < -0.4 is 0 Å². The summed E-state index contributed by atoms with van der Waals surface area (Å²) >= 11 is 0. The second kappa shape index (κ2) is 38.7. The number of hydrogen-bond acceptors (Lipinski definition) is 9. The predicted octanol–water partition coefficient (Wildman–Crippen LogP) is 11.0. The molecule has 0 saturated heterocycles. The highest BCUT2D eigenvalue weighted by molar-refractivity contribution is 7.47. The Kier molecular flexibility index (Phi) is 37.6. The van der Waals surface area contributed by atoms with E-state index < -0.39 is 51.8 Å². The molecule has 0 aliphatic rings. The summed E-state index contributed by atoms with van der Waals surface area (Å²) in [6.45, 7) is 2.36. The molecule has 53 heavy (non-hydrogen) atoms. The van der Waals surface area contributed by atoms with E-state index in [1.54, 1.807) is 0 Å². The monoisotopic (exact) mass is 775 g/mol. The van der Waals surface area contributed by atoms with Gasteiger partial charge in [-0.3, -0.25) is 18.6 Å². The van der Waals surface area contributed by atoms with Gasteiger partial charge in [-0.05, 0) is 44.9 Å². The molecule has 0 bridgehead atoms. The maximum Gasteiger partial charge on any atom is 0.472 e. The fourth-order valence-electron chi connectivity index (χ4n) is 5.79. The van der Waals surface area contributed by atoms with Crippen LogP contribution in [0.25, 0.3) is 0 Å². The van der Waals surface area contributed by atoms with Crippen LogP contribution in [-0.2, 0) is 32.7 Å². The fraction of sp³-hybridized carbons (Fsp3) is 0.857. The third-order valence-corrected chi connectivity index (χ3v) is 10.1. The molecule has 0 aliphatic heterocycles. The molecular weight excluding hydrogens is 695 g/mol. The first-order valence-corrected chi connectivity index (χ1v) is 22.8. The molecule has 3 atom stereocenters. The molecule has 0 saturated carbocycles. The minimum absolute atomic E-state index is 0.178. The van der Waals surface area contributed by atoms with Crippen LogP contribution in [0.4, 0.5) is 0 Å². The maximum absolute atomic E-state index is 12.6. The lowest BCUT2D eigenvalue weighted by molar-refractivity contribution is -0.161. The van der Waals surface area contributed by atoms with E-state index in [9.17, 15) is 24.2 Å². The zero-order valence-corrected chi connectivity index (χ0v) is 34.6. The molecule has 3 N–H and O–H groups in total. The number of ether oxygens (including phenoxy) is 2. The second-order valence-corrected chi connectivity index (χ2v) is 15.8. The van der Waals surface area contributed by atoms with Crippen molar-refractivity contribution in [2.45, 2.75) is 206 Å². The van der Waals surface area contributed by atoms with Gasteiger partial charge in [-0.1, -0.05) is 160 Å². The Hall–Kier alpha value is -1.55. The first-order chi connectivity index (χ1) is 25.7. The van der Waals surface area contributed by atoms with Gasteiger partial charge < -0.3 is 24.6 Å². The highest BCUT2D eigenvalue weighted by Gasteiger charge is 2.27. The Morgan fingerprint density at radius 3 is 1.47 bits per heavy atom. The molecule has 0 fully saturated rings. The molecule has 10 nitrogen and oxygen atoms in total. The van der Waals surface area contributed by atoms with Gasteiger partial charge in [-0.15, -0.1) is 0 Å². The van der Waals surface area contributed by atoms with Crippen molar-refractivity contribution >= 4 is 19.8 Å². The molecule has 11 heteroatoms. The summed E-state index contributed by atoms with van der Waals surface area (Å²) in [5, 5.41) is 18.3. The summed E-state index contributed by atoms with van der Waals surface area (Å²) in [4.78, 5) is 34.9. The van der Waals surface area contributed by atoms with Crippen molar-refractivity contribution in [2.75, 3.05) is 26.4 Å². The number of aliphatic hydroxyl groups excluding tert-OH is 2. The number of phosphoric ester groups is 1. The van der Waals surface area contributed by atoms with Crippen molar-refractivity contribution in [2.24, 2.45) is 0 Å². The summed E-state index contributed by atoms with van der Waals surface area (Å²) in [5.74, 6) is -0.928. The van der Waals surface area contributed by atoms with Gasteiger partial charge in [-0.25, -0.2) is 4.57 Å². The number of carbonyl (C=O) groups is 2. The number of carbonyl (C=O) groups excluding carboxylic acids is 2. The zero-order valence-electron chi connectivity index (χ0n) is 33.7. The lowest BCUT2D eigenvalue weighted by Crippen LogP contribution is -2.29. The lowest BCUT2D eigenvalue weighted by atomic mass is 10.0. The van der Waals surface area contributed by atoms with Crippen LogP contribution in [0, 0.1) is 0 Å². The smallest absolute Gasteiger partial charge is 0.462 e. The predicted molar refractivity (Wildman–Crippen MR) is 215 cm³/mol. The fourth-order valence-corrected chi connectivity index (χ4v) is 6.58.